The summed E-state index contributed by atoms with van der Waals surface area (Å²) in [6.07, 6.45) is 5.52. The lowest BCUT2D eigenvalue weighted by atomic mass is 9.86. The maximum Gasteiger partial charge on any atom is 0.0338 e. The molecule has 1 saturated heterocycles. The zero-order valence-corrected chi connectivity index (χ0v) is 13.2. The highest BCUT2D eigenvalue weighted by atomic mass is 15.3. The van der Waals surface area contributed by atoms with Gasteiger partial charge in [0.25, 0.3) is 0 Å². The van der Waals surface area contributed by atoms with Gasteiger partial charge >= 0.3 is 0 Å². The fourth-order valence-corrected chi connectivity index (χ4v) is 3.96. The second-order valence-electron chi connectivity index (χ2n) is 7.45. The zero-order valence-electron chi connectivity index (χ0n) is 13.2. The van der Waals surface area contributed by atoms with E-state index in [1.54, 1.807) is 0 Å². The van der Waals surface area contributed by atoms with Gasteiger partial charge in [-0.1, -0.05) is 37.1 Å². The van der Waals surface area contributed by atoms with Gasteiger partial charge in [0.2, 0.25) is 0 Å². The molecule has 0 radical (unpaired) electrons. The van der Waals surface area contributed by atoms with E-state index in [0.29, 0.717) is 5.54 Å². The van der Waals surface area contributed by atoms with Crippen LogP contribution in [0, 0.1) is 6.92 Å². The number of nitrogens with zero attached hydrogens (tertiary/aromatic N) is 1. The van der Waals surface area contributed by atoms with E-state index in [2.05, 4.69) is 55.3 Å². The summed E-state index contributed by atoms with van der Waals surface area (Å²) in [5.74, 6) is 0. The smallest absolute Gasteiger partial charge is 0.0338 e. The molecule has 110 valence electrons. The Morgan fingerprint density at radius 2 is 1.85 bits per heavy atom. The fraction of sp³-hybridized carbons (Fsp3) is 0.667. The van der Waals surface area contributed by atoms with E-state index < -0.39 is 0 Å². The largest absolute Gasteiger partial charge is 0.309 e. The van der Waals surface area contributed by atoms with Gasteiger partial charge in [-0.2, -0.15) is 0 Å². The number of benzene rings is 1. The molecular weight excluding hydrogens is 244 g/mol. The van der Waals surface area contributed by atoms with Gasteiger partial charge in [-0.05, 0) is 44.7 Å². The highest BCUT2D eigenvalue weighted by Gasteiger charge is 2.45. The summed E-state index contributed by atoms with van der Waals surface area (Å²) >= 11 is 0. The van der Waals surface area contributed by atoms with Gasteiger partial charge in [0.1, 0.15) is 0 Å². The maximum absolute atomic E-state index is 3.78. The average molecular weight is 272 g/mol. The fourth-order valence-electron chi connectivity index (χ4n) is 3.96. The molecule has 1 aliphatic carbocycles. The van der Waals surface area contributed by atoms with E-state index in [-0.39, 0.29) is 5.54 Å². The Bertz CT molecular complexity index is 472. The van der Waals surface area contributed by atoms with Gasteiger partial charge in [0.05, 0.1) is 0 Å². The first-order chi connectivity index (χ1) is 9.51. The SMILES string of the molecule is Cc1ccccc1CN1CC(C)(C)NCC12CCCC2. The molecule has 3 rings (SSSR count). The maximum atomic E-state index is 3.78. The van der Waals surface area contributed by atoms with Crippen LogP contribution in [0.5, 0.6) is 0 Å². The number of aryl methyl sites for hydroxylation is 1. The molecule has 1 aromatic carbocycles. The molecule has 0 unspecified atom stereocenters. The topological polar surface area (TPSA) is 15.3 Å². The van der Waals surface area contributed by atoms with E-state index in [4.69, 9.17) is 0 Å². The lowest BCUT2D eigenvalue weighted by Crippen LogP contribution is -2.67. The van der Waals surface area contributed by atoms with Crippen LogP contribution in [-0.2, 0) is 6.54 Å². The van der Waals surface area contributed by atoms with Gasteiger partial charge in [-0.15, -0.1) is 0 Å². The third kappa shape index (κ3) is 2.64. The second kappa shape index (κ2) is 5.16. The third-order valence-electron chi connectivity index (χ3n) is 5.31. The first-order valence-corrected chi connectivity index (χ1v) is 8.05. The van der Waals surface area contributed by atoms with Gasteiger partial charge < -0.3 is 5.32 Å². The molecule has 1 aromatic rings. The summed E-state index contributed by atoms with van der Waals surface area (Å²) in [5.41, 5.74) is 3.57. The number of hydrogen-bond donors (Lipinski definition) is 1. The Hall–Kier alpha value is -0.860. The zero-order chi connectivity index (χ0) is 14.2. The molecule has 2 heteroatoms. The Balaban J connectivity index is 1.85. The predicted molar refractivity (Wildman–Crippen MR) is 84.9 cm³/mol. The van der Waals surface area contributed by atoms with Crippen LogP contribution in [-0.4, -0.2) is 29.1 Å². The third-order valence-corrected chi connectivity index (χ3v) is 5.31. The first-order valence-electron chi connectivity index (χ1n) is 8.05. The molecule has 1 spiro atoms. The predicted octanol–water partition coefficient (Wildman–Crippen LogP) is 3.49. The molecule has 0 aromatic heterocycles. The van der Waals surface area contributed by atoms with E-state index in [1.807, 2.05) is 0 Å². The molecule has 0 atom stereocenters. The number of rotatable bonds is 2. The standard InChI is InChI=1S/C18H28N2/c1-15-8-4-5-9-16(15)12-20-14-17(2,3)19-13-18(20)10-6-7-11-18/h4-5,8-9,19H,6-7,10-14H2,1-3H3. The van der Waals surface area contributed by atoms with E-state index in [1.165, 1.54) is 36.8 Å². The van der Waals surface area contributed by atoms with Crippen molar-refractivity contribution in [2.75, 3.05) is 13.1 Å². The van der Waals surface area contributed by atoms with E-state index in [0.717, 1.165) is 19.6 Å². The molecule has 2 fully saturated rings. The molecule has 1 saturated carbocycles. The lowest BCUT2D eigenvalue weighted by Gasteiger charge is -2.51. The van der Waals surface area contributed by atoms with Crippen molar-refractivity contribution in [1.82, 2.24) is 10.2 Å². The van der Waals surface area contributed by atoms with E-state index >= 15 is 0 Å². The van der Waals surface area contributed by atoms with Crippen LogP contribution in [0.15, 0.2) is 24.3 Å². The lowest BCUT2D eigenvalue weighted by molar-refractivity contribution is 0.0120. The van der Waals surface area contributed by atoms with Crippen LogP contribution in [0.3, 0.4) is 0 Å². The number of nitrogens with one attached hydrogen (secondary N) is 1. The minimum Gasteiger partial charge on any atom is -0.309 e. The van der Waals surface area contributed by atoms with Crippen molar-refractivity contribution in [3.8, 4) is 0 Å². The molecule has 20 heavy (non-hydrogen) atoms. The highest BCUT2D eigenvalue weighted by molar-refractivity contribution is 5.26. The van der Waals surface area contributed by atoms with Gasteiger partial charge in [0, 0.05) is 30.7 Å². The summed E-state index contributed by atoms with van der Waals surface area (Å²) < 4.78 is 0. The monoisotopic (exact) mass is 272 g/mol. The van der Waals surface area contributed by atoms with Gasteiger partial charge in [0.15, 0.2) is 0 Å². The van der Waals surface area contributed by atoms with Crippen molar-refractivity contribution < 1.29 is 0 Å². The minimum atomic E-state index is 0.233. The summed E-state index contributed by atoms with van der Waals surface area (Å²) in [4.78, 5) is 2.78. The summed E-state index contributed by atoms with van der Waals surface area (Å²) in [5, 5.41) is 3.78. The van der Waals surface area contributed by atoms with Crippen LogP contribution >= 0.6 is 0 Å². The van der Waals surface area contributed by atoms with E-state index in [9.17, 15) is 0 Å². The Kier molecular flexibility index (Phi) is 3.64. The quantitative estimate of drug-likeness (QED) is 0.886. The average Bonchev–Trinajstić information content (AvgIpc) is 2.87. The van der Waals surface area contributed by atoms with Crippen molar-refractivity contribution in [3.63, 3.8) is 0 Å². The first kappa shape index (κ1) is 14.1. The van der Waals surface area contributed by atoms with Crippen molar-refractivity contribution in [2.24, 2.45) is 0 Å². The van der Waals surface area contributed by atoms with Crippen molar-refractivity contribution in [1.29, 1.82) is 0 Å². The van der Waals surface area contributed by atoms with Crippen molar-refractivity contribution in [2.45, 2.75) is 64.1 Å². The highest BCUT2D eigenvalue weighted by Crippen LogP contribution is 2.39. The number of piperazine rings is 1. The van der Waals surface area contributed by atoms with Crippen molar-refractivity contribution >= 4 is 0 Å². The number of hydrogen-bond acceptors (Lipinski definition) is 2. The molecule has 2 aliphatic rings. The van der Waals surface area contributed by atoms with Crippen LogP contribution in [0.4, 0.5) is 0 Å². The Labute approximate surface area is 123 Å². The summed E-state index contributed by atoms with van der Waals surface area (Å²) in [7, 11) is 0. The second-order valence-corrected chi connectivity index (χ2v) is 7.45. The van der Waals surface area contributed by atoms with Crippen LogP contribution in [0.1, 0.15) is 50.7 Å². The van der Waals surface area contributed by atoms with Crippen LogP contribution in [0.25, 0.3) is 0 Å². The van der Waals surface area contributed by atoms with Gasteiger partial charge in [-0.3, -0.25) is 4.90 Å². The molecular formula is C18H28N2. The molecule has 0 amide bonds. The van der Waals surface area contributed by atoms with Crippen LogP contribution in [0.2, 0.25) is 0 Å². The normalized spacial score (nSPS) is 25.1. The summed E-state index contributed by atoms with van der Waals surface area (Å²) in [6.45, 7) is 10.3. The molecule has 1 N–H and O–H groups in total. The van der Waals surface area contributed by atoms with Gasteiger partial charge in [-0.25, -0.2) is 0 Å². The Morgan fingerprint density at radius 3 is 2.55 bits per heavy atom. The Morgan fingerprint density at radius 1 is 1.15 bits per heavy atom. The molecule has 2 nitrogen and oxygen atoms in total. The molecule has 0 bridgehead atoms. The summed E-state index contributed by atoms with van der Waals surface area (Å²) in [6, 6.07) is 8.86. The van der Waals surface area contributed by atoms with Crippen LogP contribution < -0.4 is 5.32 Å². The molecule has 1 aliphatic heterocycles. The van der Waals surface area contributed by atoms with Crippen molar-refractivity contribution in [3.05, 3.63) is 35.4 Å². The molecule has 1 heterocycles. The minimum absolute atomic E-state index is 0.233.